The van der Waals surface area contributed by atoms with Crippen LogP contribution in [0.4, 0.5) is 5.69 Å². The smallest absolute Gasteiger partial charge is 0.255 e. The van der Waals surface area contributed by atoms with Crippen molar-refractivity contribution < 1.29 is 4.79 Å². The second-order valence-electron chi connectivity index (χ2n) is 2.48. The summed E-state index contributed by atoms with van der Waals surface area (Å²) >= 11 is 0. The molecule has 0 fully saturated rings. The lowest BCUT2D eigenvalue weighted by Crippen LogP contribution is -2.02. The number of rotatable bonds is 0. The Morgan fingerprint density at radius 2 is 1.92 bits per heavy atom. The predicted octanol–water partition coefficient (Wildman–Crippen LogP) is 2.07. The number of halogens is 1. The maximum Gasteiger partial charge on any atom is 0.255 e. The fourth-order valence-corrected chi connectivity index (χ4v) is 1.18. The van der Waals surface area contributed by atoms with Crippen molar-refractivity contribution >= 4 is 29.6 Å². The summed E-state index contributed by atoms with van der Waals surface area (Å²) in [6.45, 7) is 3.66. The van der Waals surface area contributed by atoms with E-state index in [4.69, 9.17) is 0 Å². The number of para-hydroxylation sites is 1. The van der Waals surface area contributed by atoms with E-state index in [1.807, 2.05) is 24.3 Å². The fourth-order valence-electron chi connectivity index (χ4n) is 1.18. The molecule has 1 amide bonds. The number of hydrogen-bond donors (Lipinski definition) is 1. The highest BCUT2D eigenvalue weighted by Crippen LogP contribution is 2.29. The van der Waals surface area contributed by atoms with Gasteiger partial charge < -0.3 is 5.32 Å². The van der Waals surface area contributed by atoms with Crippen molar-refractivity contribution in [2.24, 2.45) is 0 Å². The summed E-state index contributed by atoms with van der Waals surface area (Å²) in [5, 5.41) is 2.71. The van der Waals surface area contributed by atoms with Crippen LogP contribution in [0.2, 0.25) is 0 Å². The minimum atomic E-state index is -0.0915. The van der Waals surface area contributed by atoms with Crippen LogP contribution in [0.25, 0.3) is 5.57 Å². The molecule has 1 aromatic rings. The second kappa shape index (κ2) is 2.99. The quantitative estimate of drug-likeness (QED) is 0.610. The van der Waals surface area contributed by atoms with Gasteiger partial charge in [-0.15, -0.1) is 12.4 Å². The Bertz CT molecular complexity index is 346. The summed E-state index contributed by atoms with van der Waals surface area (Å²) in [5.41, 5.74) is 2.33. The van der Waals surface area contributed by atoms with Crippen LogP contribution in [0.5, 0.6) is 0 Å². The van der Waals surface area contributed by atoms with Gasteiger partial charge >= 0.3 is 0 Å². The van der Waals surface area contributed by atoms with Crippen LogP contribution in [-0.4, -0.2) is 5.91 Å². The van der Waals surface area contributed by atoms with E-state index in [1.54, 1.807) is 0 Å². The van der Waals surface area contributed by atoms with Crippen molar-refractivity contribution in [1.29, 1.82) is 0 Å². The SMILES string of the molecule is C=C1C(=O)Nc2ccccc21.Cl. The number of fused-ring (bicyclic) bond motifs is 1. The average Bonchev–Trinajstić information content (AvgIpc) is 2.30. The molecule has 0 aliphatic carbocycles. The molecule has 1 aromatic carbocycles. The van der Waals surface area contributed by atoms with Gasteiger partial charge in [0.25, 0.3) is 5.91 Å². The normalized spacial score (nSPS) is 13.3. The molecule has 0 aromatic heterocycles. The Hall–Kier alpha value is -1.28. The van der Waals surface area contributed by atoms with Gasteiger partial charge in [-0.05, 0) is 6.07 Å². The molecule has 0 atom stereocenters. The molecule has 0 saturated carbocycles. The van der Waals surface area contributed by atoms with E-state index in [1.165, 1.54) is 0 Å². The van der Waals surface area contributed by atoms with Crippen LogP contribution >= 0.6 is 12.4 Å². The fraction of sp³-hybridized carbons (Fsp3) is 0. The number of anilines is 1. The van der Waals surface area contributed by atoms with E-state index < -0.39 is 0 Å². The van der Waals surface area contributed by atoms with Crippen molar-refractivity contribution in [2.75, 3.05) is 5.32 Å². The molecule has 0 radical (unpaired) electrons. The first-order chi connectivity index (χ1) is 5.29. The van der Waals surface area contributed by atoms with Gasteiger partial charge in [0.2, 0.25) is 0 Å². The van der Waals surface area contributed by atoms with E-state index in [9.17, 15) is 4.79 Å². The molecule has 3 heteroatoms. The third-order valence-corrected chi connectivity index (χ3v) is 1.77. The molecule has 0 spiro atoms. The number of amides is 1. The van der Waals surface area contributed by atoms with Crippen LogP contribution in [0, 0.1) is 0 Å². The number of hydrogen-bond acceptors (Lipinski definition) is 1. The van der Waals surface area contributed by atoms with Gasteiger partial charge in [-0.1, -0.05) is 24.8 Å². The number of benzene rings is 1. The summed E-state index contributed by atoms with van der Waals surface area (Å²) in [4.78, 5) is 11.0. The maximum absolute atomic E-state index is 11.0. The van der Waals surface area contributed by atoms with Gasteiger partial charge in [0.15, 0.2) is 0 Å². The molecule has 12 heavy (non-hydrogen) atoms. The van der Waals surface area contributed by atoms with Gasteiger partial charge in [0, 0.05) is 16.8 Å². The van der Waals surface area contributed by atoms with Gasteiger partial charge in [0.05, 0.1) is 0 Å². The van der Waals surface area contributed by atoms with E-state index in [0.717, 1.165) is 11.3 Å². The molecule has 62 valence electrons. The van der Waals surface area contributed by atoms with Gasteiger partial charge in [-0.2, -0.15) is 0 Å². The van der Waals surface area contributed by atoms with E-state index in [0.29, 0.717) is 5.57 Å². The van der Waals surface area contributed by atoms with Crippen molar-refractivity contribution in [3.8, 4) is 0 Å². The number of nitrogens with one attached hydrogen (secondary N) is 1. The first-order valence-corrected chi connectivity index (χ1v) is 3.39. The predicted molar refractivity (Wildman–Crippen MR) is 51.4 cm³/mol. The number of carbonyl (C=O) groups excluding carboxylic acids is 1. The van der Waals surface area contributed by atoms with Crippen molar-refractivity contribution in [3.05, 3.63) is 36.4 Å². The van der Waals surface area contributed by atoms with E-state index in [-0.39, 0.29) is 18.3 Å². The summed E-state index contributed by atoms with van der Waals surface area (Å²) in [7, 11) is 0. The molecule has 0 unspecified atom stereocenters. The van der Waals surface area contributed by atoms with Crippen LogP contribution in [0.15, 0.2) is 30.8 Å². The Labute approximate surface area is 76.7 Å². The Morgan fingerprint density at radius 1 is 1.25 bits per heavy atom. The lowest BCUT2D eigenvalue weighted by Gasteiger charge is -1.93. The zero-order valence-electron chi connectivity index (χ0n) is 6.33. The topological polar surface area (TPSA) is 29.1 Å². The number of carbonyl (C=O) groups is 1. The zero-order chi connectivity index (χ0) is 7.84. The van der Waals surface area contributed by atoms with Crippen LogP contribution in [-0.2, 0) is 4.79 Å². The van der Waals surface area contributed by atoms with Crippen LogP contribution in [0.3, 0.4) is 0 Å². The molecule has 1 aliphatic heterocycles. The first-order valence-electron chi connectivity index (χ1n) is 3.39. The average molecular weight is 182 g/mol. The van der Waals surface area contributed by atoms with Crippen molar-refractivity contribution in [1.82, 2.24) is 0 Å². The zero-order valence-corrected chi connectivity index (χ0v) is 7.15. The molecule has 1 N–H and O–H groups in total. The van der Waals surface area contributed by atoms with E-state index >= 15 is 0 Å². The standard InChI is InChI=1S/C9H7NO.ClH/c1-6-7-4-2-3-5-8(7)10-9(6)11;/h2-5H,1H2,(H,10,11);1H. The maximum atomic E-state index is 11.0. The summed E-state index contributed by atoms with van der Waals surface area (Å²) < 4.78 is 0. The lowest BCUT2D eigenvalue weighted by atomic mass is 10.1. The third kappa shape index (κ3) is 1.10. The van der Waals surface area contributed by atoms with Crippen molar-refractivity contribution in [2.45, 2.75) is 0 Å². The van der Waals surface area contributed by atoms with Crippen LogP contribution in [0.1, 0.15) is 5.56 Å². The highest BCUT2D eigenvalue weighted by molar-refractivity contribution is 6.30. The Balaban J connectivity index is 0.000000720. The highest BCUT2D eigenvalue weighted by Gasteiger charge is 2.20. The molecule has 0 bridgehead atoms. The van der Waals surface area contributed by atoms with Crippen LogP contribution < -0.4 is 5.32 Å². The first kappa shape index (κ1) is 8.81. The molecule has 1 heterocycles. The minimum Gasteiger partial charge on any atom is -0.321 e. The minimum absolute atomic E-state index is 0. The lowest BCUT2D eigenvalue weighted by molar-refractivity contribution is -0.110. The molecular formula is C9H8ClNO. The molecular weight excluding hydrogens is 174 g/mol. The summed E-state index contributed by atoms with van der Waals surface area (Å²) in [6.07, 6.45) is 0. The van der Waals surface area contributed by atoms with E-state index in [2.05, 4.69) is 11.9 Å². The second-order valence-corrected chi connectivity index (χ2v) is 2.48. The molecule has 2 rings (SSSR count). The Morgan fingerprint density at radius 3 is 2.58 bits per heavy atom. The molecule has 1 aliphatic rings. The highest BCUT2D eigenvalue weighted by atomic mass is 35.5. The Kier molecular flexibility index (Phi) is 2.20. The monoisotopic (exact) mass is 181 g/mol. The molecule has 0 saturated heterocycles. The van der Waals surface area contributed by atoms with Gasteiger partial charge in [-0.3, -0.25) is 4.79 Å². The van der Waals surface area contributed by atoms with Gasteiger partial charge in [-0.25, -0.2) is 0 Å². The largest absolute Gasteiger partial charge is 0.321 e. The third-order valence-electron chi connectivity index (χ3n) is 1.77. The van der Waals surface area contributed by atoms with Crippen molar-refractivity contribution in [3.63, 3.8) is 0 Å². The van der Waals surface area contributed by atoms with Gasteiger partial charge in [0.1, 0.15) is 0 Å². The summed E-state index contributed by atoms with van der Waals surface area (Å²) in [5.74, 6) is -0.0915. The molecule has 2 nitrogen and oxygen atoms in total. The summed E-state index contributed by atoms with van der Waals surface area (Å²) in [6, 6.07) is 7.53.